The first kappa shape index (κ1) is 16.8. The van der Waals surface area contributed by atoms with Crippen LogP contribution >= 0.6 is 11.3 Å². The zero-order chi connectivity index (χ0) is 17.1. The number of likely N-dealkylation sites (tertiary alicyclic amines) is 1. The van der Waals surface area contributed by atoms with Gasteiger partial charge in [-0.2, -0.15) is 0 Å². The number of hydrogen-bond acceptors (Lipinski definition) is 5. The monoisotopic (exact) mass is 359 g/mol. The van der Waals surface area contributed by atoms with Crippen molar-refractivity contribution in [3.63, 3.8) is 0 Å². The second-order valence-electron chi connectivity index (χ2n) is 7.29. The van der Waals surface area contributed by atoms with Crippen LogP contribution in [0.4, 0.5) is 0 Å². The molecule has 1 amide bonds. The lowest BCUT2D eigenvalue weighted by atomic mass is 9.96. The van der Waals surface area contributed by atoms with E-state index < -0.39 is 0 Å². The standard InChI is InChI=1S/C19H25N3O2S/c23-17(10-9-14-5-1-2-6-14)22-11-3-7-15(13-22)18-20-21-19(24-18)16-8-4-12-25-16/h4,8,12,14-15H,1-3,5-7,9-11,13H2/t15-/m1/s1. The molecule has 2 aromatic rings. The van der Waals surface area contributed by atoms with Crippen molar-refractivity contribution in [2.24, 2.45) is 5.92 Å². The molecule has 1 aliphatic carbocycles. The highest BCUT2D eigenvalue weighted by Crippen LogP contribution is 2.31. The van der Waals surface area contributed by atoms with Gasteiger partial charge in [-0.25, -0.2) is 0 Å². The molecule has 2 aliphatic rings. The molecule has 0 spiro atoms. The van der Waals surface area contributed by atoms with Crippen LogP contribution < -0.4 is 0 Å². The number of nitrogens with zero attached hydrogens (tertiary/aromatic N) is 3. The summed E-state index contributed by atoms with van der Waals surface area (Å²) >= 11 is 1.60. The van der Waals surface area contributed by atoms with Gasteiger partial charge >= 0.3 is 0 Å². The summed E-state index contributed by atoms with van der Waals surface area (Å²) in [6.45, 7) is 1.58. The SMILES string of the molecule is O=C(CCC1CCCC1)N1CCC[C@@H](c2nnc(-c3cccs3)o2)C1. The molecule has 2 fully saturated rings. The van der Waals surface area contributed by atoms with Crippen molar-refractivity contribution in [2.75, 3.05) is 13.1 Å². The van der Waals surface area contributed by atoms with Crippen LogP contribution in [0.15, 0.2) is 21.9 Å². The molecule has 0 N–H and O–H groups in total. The summed E-state index contributed by atoms with van der Waals surface area (Å²) < 4.78 is 5.89. The van der Waals surface area contributed by atoms with Gasteiger partial charge in [-0.1, -0.05) is 31.7 Å². The van der Waals surface area contributed by atoms with Gasteiger partial charge in [-0.05, 0) is 36.6 Å². The van der Waals surface area contributed by atoms with Crippen molar-refractivity contribution < 1.29 is 9.21 Å². The summed E-state index contributed by atoms with van der Waals surface area (Å²) in [5.74, 6) is 2.51. The maximum Gasteiger partial charge on any atom is 0.257 e. The Balaban J connectivity index is 1.35. The third kappa shape index (κ3) is 3.94. The molecule has 1 saturated heterocycles. The second kappa shape index (κ2) is 7.68. The molecule has 4 rings (SSSR count). The number of carbonyl (C=O) groups is 1. The minimum Gasteiger partial charge on any atom is -0.420 e. The summed E-state index contributed by atoms with van der Waals surface area (Å²) in [6, 6.07) is 3.97. The van der Waals surface area contributed by atoms with Gasteiger partial charge in [0.25, 0.3) is 5.89 Å². The van der Waals surface area contributed by atoms with E-state index in [4.69, 9.17) is 4.42 Å². The number of rotatable bonds is 5. The topological polar surface area (TPSA) is 59.2 Å². The van der Waals surface area contributed by atoms with Gasteiger partial charge in [0.1, 0.15) is 0 Å². The quantitative estimate of drug-likeness (QED) is 0.790. The molecule has 5 nitrogen and oxygen atoms in total. The summed E-state index contributed by atoms with van der Waals surface area (Å²) in [5, 5.41) is 10.4. The fourth-order valence-electron chi connectivity index (χ4n) is 4.09. The number of hydrogen-bond donors (Lipinski definition) is 0. The Bertz CT molecular complexity index is 691. The lowest BCUT2D eigenvalue weighted by Crippen LogP contribution is -2.39. The van der Waals surface area contributed by atoms with Crippen LogP contribution in [-0.2, 0) is 4.79 Å². The minimum absolute atomic E-state index is 0.172. The van der Waals surface area contributed by atoms with Gasteiger partial charge in [-0.3, -0.25) is 4.79 Å². The highest BCUT2D eigenvalue weighted by atomic mass is 32.1. The summed E-state index contributed by atoms with van der Waals surface area (Å²) in [4.78, 5) is 15.6. The Hall–Kier alpha value is -1.69. The van der Waals surface area contributed by atoms with E-state index in [9.17, 15) is 4.79 Å². The lowest BCUT2D eigenvalue weighted by Gasteiger charge is -2.31. The average Bonchev–Trinajstić information content (AvgIpc) is 3.41. The Morgan fingerprint density at radius 3 is 2.92 bits per heavy atom. The van der Waals surface area contributed by atoms with Gasteiger partial charge in [0.15, 0.2) is 0 Å². The minimum atomic E-state index is 0.172. The van der Waals surface area contributed by atoms with Crippen LogP contribution in [0.3, 0.4) is 0 Å². The maximum absolute atomic E-state index is 12.6. The van der Waals surface area contributed by atoms with Crippen LogP contribution in [0, 0.1) is 5.92 Å². The third-order valence-corrected chi connectivity index (χ3v) is 6.39. The predicted molar refractivity (Wildman–Crippen MR) is 97.4 cm³/mol. The van der Waals surface area contributed by atoms with E-state index in [0.717, 1.165) is 43.1 Å². The molecule has 1 atom stereocenters. The van der Waals surface area contributed by atoms with Gasteiger partial charge in [0.05, 0.1) is 10.8 Å². The van der Waals surface area contributed by atoms with Crippen molar-refractivity contribution in [2.45, 2.75) is 57.3 Å². The van der Waals surface area contributed by atoms with E-state index in [2.05, 4.69) is 10.2 Å². The van der Waals surface area contributed by atoms with Crippen molar-refractivity contribution in [1.29, 1.82) is 0 Å². The van der Waals surface area contributed by atoms with Crippen molar-refractivity contribution >= 4 is 17.2 Å². The Morgan fingerprint density at radius 2 is 2.12 bits per heavy atom. The normalized spacial score (nSPS) is 21.8. The van der Waals surface area contributed by atoms with E-state index in [-0.39, 0.29) is 5.92 Å². The number of aromatic nitrogens is 2. The Kier molecular flexibility index (Phi) is 5.15. The summed E-state index contributed by atoms with van der Waals surface area (Å²) in [7, 11) is 0. The average molecular weight is 359 g/mol. The molecule has 0 radical (unpaired) electrons. The molecule has 134 valence electrons. The van der Waals surface area contributed by atoms with E-state index in [1.807, 2.05) is 22.4 Å². The number of thiophene rings is 1. The van der Waals surface area contributed by atoms with Crippen LogP contribution in [0.2, 0.25) is 0 Å². The molecule has 2 aromatic heterocycles. The fraction of sp³-hybridized carbons (Fsp3) is 0.632. The maximum atomic E-state index is 12.6. The predicted octanol–water partition coefficient (Wildman–Crippen LogP) is 4.47. The smallest absolute Gasteiger partial charge is 0.257 e. The van der Waals surface area contributed by atoms with Crippen molar-refractivity contribution in [3.8, 4) is 10.8 Å². The molecular formula is C19H25N3O2S. The van der Waals surface area contributed by atoms with Crippen LogP contribution in [0.25, 0.3) is 10.8 Å². The Labute approximate surface area is 152 Å². The zero-order valence-corrected chi connectivity index (χ0v) is 15.3. The highest BCUT2D eigenvalue weighted by Gasteiger charge is 2.29. The van der Waals surface area contributed by atoms with Crippen LogP contribution in [-0.4, -0.2) is 34.1 Å². The lowest BCUT2D eigenvalue weighted by molar-refractivity contribution is -0.132. The van der Waals surface area contributed by atoms with E-state index >= 15 is 0 Å². The van der Waals surface area contributed by atoms with Gasteiger partial charge in [0, 0.05) is 19.5 Å². The number of piperidine rings is 1. The first-order chi connectivity index (χ1) is 12.3. The third-order valence-electron chi connectivity index (χ3n) is 5.54. The van der Waals surface area contributed by atoms with E-state index in [1.165, 1.54) is 25.7 Å². The number of amides is 1. The second-order valence-corrected chi connectivity index (χ2v) is 8.24. The Morgan fingerprint density at radius 1 is 1.24 bits per heavy atom. The van der Waals surface area contributed by atoms with Crippen LogP contribution in [0.1, 0.15) is 63.2 Å². The highest BCUT2D eigenvalue weighted by molar-refractivity contribution is 7.13. The molecule has 0 aromatic carbocycles. The van der Waals surface area contributed by atoms with Crippen molar-refractivity contribution in [3.05, 3.63) is 23.4 Å². The van der Waals surface area contributed by atoms with Gasteiger partial charge in [0.2, 0.25) is 11.8 Å². The summed E-state index contributed by atoms with van der Waals surface area (Å²) in [6.07, 6.45) is 9.08. The molecule has 0 unspecified atom stereocenters. The largest absolute Gasteiger partial charge is 0.420 e. The van der Waals surface area contributed by atoms with E-state index in [0.29, 0.717) is 24.1 Å². The molecule has 3 heterocycles. The first-order valence-electron chi connectivity index (χ1n) is 9.44. The molecular weight excluding hydrogens is 334 g/mol. The van der Waals surface area contributed by atoms with Crippen LogP contribution in [0.5, 0.6) is 0 Å². The molecule has 1 saturated carbocycles. The van der Waals surface area contributed by atoms with E-state index in [1.54, 1.807) is 11.3 Å². The first-order valence-corrected chi connectivity index (χ1v) is 10.3. The molecule has 25 heavy (non-hydrogen) atoms. The van der Waals surface area contributed by atoms with Gasteiger partial charge < -0.3 is 9.32 Å². The zero-order valence-electron chi connectivity index (χ0n) is 14.5. The number of carbonyl (C=O) groups excluding carboxylic acids is 1. The molecule has 1 aliphatic heterocycles. The van der Waals surface area contributed by atoms with Gasteiger partial charge in [-0.15, -0.1) is 21.5 Å². The fourth-order valence-corrected chi connectivity index (χ4v) is 4.73. The van der Waals surface area contributed by atoms with Crippen molar-refractivity contribution in [1.82, 2.24) is 15.1 Å². The molecule has 0 bridgehead atoms. The molecule has 6 heteroatoms. The summed E-state index contributed by atoms with van der Waals surface area (Å²) in [5.41, 5.74) is 0.